The Kier molecular flexibility index (Phi) is 3.45. The summed E-state index contributed by atoms with van der Waals surface area (Å²) in [6, 6.07) is 2.51. The third kappa shape index (κ3) is 2.62. The van der Waals surface area contributed by atoms with Crippen LogP contribution in [0.5, 0.6) is 0 Å². The zero-order valence-electron chi connectivity index (χ0n) is 10.7. The van der Waals surface area contributed by atoms with Gasteiger partial charge in [0.05, 0.1) is 17.1 Å². The molecule has 2 aromatic heterocycles. The Bertz CT molecular complexity index is 747. The number of aromatic nitrogens is 3. The second-order valence-corrected chi connectivity index (χ2v) is 5.72. The molecule has 9 heteroatoms. The van der Waals surface area contributed by atoms with Crippen LogP contribution in [0.25, 0.3) is 0 Å². The van der Waals surface area contributed by atoms with Crippen LogP contribution < -0.4 is 4.72 Å². The fourth-order valence-electron chi connectivity index (χ4n) is 1.75. The molecule has 2 rings (SSSR count). The molecule has 0 fully saturated rings. The van der Waals surface area contributed by atoms with E-state index in [4.69, 9.17) is 5.11 Å². The monoisotopic (exact) mass is 296 g/mol. The van der Waals surface area contributed by atoms with Crippen LogP contribution in [0.15, 0.2) is 23.2 Å². The Labute approximate surface area is 114 Å². The smallest absolute Gasteiger partial charge is 0.354 e. The molecule has 0 unspecified atom stereocenters. The van der Waals surface area contributed by atoms with Crippen LogP contribution in [0.4, 0.5) is 5.69 Å². The molecule has 0 aliphatic heterocycles. The normalized spacial score (nSPS) is 11.3. The van der Waals surface area contributed by atoms with Gasteiger partial charge in [0.2, 0.25) is 0 Å². The molecule has 3 N–H and O–H groups in total. The summed E-state index contributed by atoms with van der Waals surface area (Å²) in [6.45, 7) is 3.15. The molecule has 0 aliphatic rings. The number of aromatic amines is 1. The van der Waals surface area contributed by atoms with Crippen LogP contribution in [0, 0.1) is 13.8 Å². The van der Waals surface area contributed by atoms with Gasteiger partial charge in [-0.2, -0.15) is 5.10 Å². The van der Waals surface area contributed by atoms with Crippen molar-refractivity contribution in [3.63, 3.8) is 0 Å². The molecule has 0 amide bonds. The maximum atomic E-state index is 12.2. The standard InChI is InChI=1S/C11H12N4O4S/c1-6-10(7(2)14-13-6)20(18,19)15-8-3-4-12-9(5-8)11(16)17/h3-5H,1-2H3,(H,12,15)(H,13,14)(H,16,17). The van der Waals surface area contributed by atoms with E-state index >= 15 is 0 Å². The van der Waals surface area contributed by atoms with Crippen LogP contribution >= 0.6 is 0 Å². The summed E-state index contributed by atoms with van der Waals surface area (Å²) < 4.78 is 26.8. The molecule has 2 heterocycles. The van der Waals surface area contributed by atoms with Gasteiger partial charge in [-0.1, -0.05) is 0 Å². The molecule has 0 spiro atoms. The molecule has 0 aromatic carbocycles. The van der Waals surface area contributed by atoms with E-state index < -0.39 is 16.0 Å². The molecule has 8 nitrogen and oxygen atoms in total. The Balaban J connectivity index is 2.39. The van der Waals surface area contributed by atoms with Crippen LogP contribution in [0.2, 0.25) is 0 Å². The molecule has 2 aromatic rings. The first kappa shape index (κ1) is 14.0. The first-order chi connectivity index (χ1) is 9.31. The van der Waals surface area contributed by atoms with E-state index in [1.165, 1.54) is 12.3 Å². The van der Waals surface area contributed by atoms with Crippen LogP contribution in [-0.2, 0) is 10.0 Å². The Morgan fingerprint density at radius 3 is 2.65 bits per heavy atom. The minimum atomic E-state index is -3.84. The highest BCUT2D eigenvalue weighted by molar-refractivity contribution is 7.92. The number of carbonyl (C=O) groups is 1. The highest BCUT2D eigenvalue weighted by Crippen LogP contribution is 2.20. The first-order valence-corrected chi connectivity index (χ1v) is 7.03. The van der Waals surface area contributed by atoms with Crippen molar-refractivity contribution in [2.75, 3.05) is 4.72 Å². The zero-order chi connectivity index (χ0) is 14.9. The van der Waals surface area contributed by atoms with E-state index in [1.54, 1.807) is 13.8 Å². The summed E-state index contributed by atoms with van der Waals surface area (Å²) in [6.07, 6.45) is 1.22. The van der Waals surface area contributed by atoms with Crippen molar-refractivity contribution < 1.29 is 18.3 Å². The topological polar surface area (TPSA) is 125 Å². The van der Waals surface area contributed by atoms with Gasteiger partial charge in [0.15, 0.2) is 0 Å². The van der Waals surface area contributed by atoms with Gasteiger partial charge in [-0.25, -0.2) is 18.2 Å². The predicted molar refractivity (Wildman–Crippen MR) is 70.1 cm³/mol. The number of hydrogen-bond acceptors (Lipinski definition) is 5. The van der Waals surface area contributed by atoms with Gasteiger partial charge in [-0.3, -0.25) is 9.82 Å². The van der Waals surface area contributed by atoms with Gasteiger partial charge < -0.3 is 5.11 Å². The second-order valence-electron chi connectivity index (χ2n) is 4.10. The van der Waals surface area contributed by atoms with Crippen molar-refractivity contribution >= 4 is 21.7 Å². The summed E-state index contributed by atoms with van der Waals surface area (Å²) in [5, 5.41) is 15.2. The third-order valence-corrected chi connectivity index (χ3v) is 4.20. The number of H-pyrrole nitrogens is 1. The molecule has 0 radical (unpaired) electrons. The van der Waals surface area contributed by atoms with Crippen molar-refractivity contribution in [1.82, 2.24) is 15.2 Å². The van der Waals surface area contributed by atoms with E-state index in [1.807, 2.05) is 0 Å². The lowest BCUT2D eigenvalue weighted by molar-refractivity contribution is 0.0690. The van der Waals surface area contributed by atoms with Crippen molar-refractivity contribution in [1.29, 1.82) is 0 Å². The van der Waals surface area contributed by atoms with Gasteiger partial charge in [0.1, 0.15) is 10.6 Å². The SMILES string of the molecule is Cc1n[nH]c(C)c1S(=O)(=O)Nc1ccnc(C(=O)O)c1. The zero-order valence-corrected chi connectivity index (χ0v) is 11.5. The lowest BCUT2D eigenvalue weighted by atomic mass is 10.3. The lowest BCUT2D eigenvalue weighted by Gasteiger charge is -2.08. The van der Waals surface area contributed by atoms with Gasteiger partial charge in [0, 0.05) is 6.20 Å². The number of anilines is 1. The maximum absolute atomic E-state index is 12.2. The van der Waals surface area contributed by atoms with E-state index in [9.17, 15) is 13.2 Å². The number of aromatic carboxylic acids is 1. The lowest BCUT2D eigenvalue weighted by Crippen LogP contribution is -2.15. The van der Waals surface area contributed by atoms with Gasteiger partial charge in [-0.15, -0.1) is 0 Å². The molecular formula is C11H12N4O4S. The summed E-state index contributed by atoms with van der Waals surface area (Å²) in [4.78, 5) is 14.5. The highest BCUT2D eigenvalue weighted by atomic mass is 32.2. The van der Waals surface area contributed by atoms with Crippen molar-refractivity contribution in [2.24, 2.45) is 0 Å². The number of nitrogens with one attached hydrogen (secondary N) is 2. The average molecular weight is 296 g/mol. The minimum absolute atomic E-state index is 0.0474. The van der Waals surface area contributed by atoms with Gasteiger partial charge >= 0.3 is 5.97 Å². The molecular weight excluding hydrogens is 284 g/mol. The Morgan fingerprint density at radius 2 is 2.10 bits per heavy atom. The third-order valence-electron chi connectivity index (χ3n) is 2.56. The van der Waals surface area contributed by atoms with Gasteiger partial charge in [0.25, 0.3) is 10.0 Å². The second kappa shape index (κ2) is 4.93. The number of aryl methyl sites for hydroxylation is 2. The Morgan fingerprint density at radius 1 is 1.40 bits per heavy atom. The van der Waals surface area contributed by atoms with Crippen molar-refractivity contribution in [3.05, 3.63) is 35.4 Å². The highest BCUT2D eigenvalue weighted by Gasteiger charge is 2.22. The summed E-state index contributed by atoms with van der Waals surface area (Å²) in [5.41, 5.74) is 0.619. The number of carboxylic acids is 1. The number of rotatable bonds is 4. The number of carboxylic acid groups (broad SMARTS) is 1. The molecule has 0 aliphatic carbocycles. The van der Waals surface area contributed by atoms with Crippen molar-refractivity contribution in [2.45, 2.75) is 18.7 Å². The van der Waals surface area contributed by atoms with E-state index in [0.717, 1.165) is 6.07 Å². The minimum Gasteiger partial charge on any atom is -0.477 e. The van der Waals surface area contributed by atoms with E-state index in [0.29, 0.717) is 11.4 Å². The summed E-state index contributed by atoms with van der Waals surface area (Å²) in [5.74, 6) is -1.23. The summed E-state index contributed by atoms with van der Waals surface area (Å²) >= 11 is 0. The van der Waals surface area contributed by atoms with Crippen LogP contribution in [0.3, 0.4) is 0 Å². The van der Waals surface area contributed by atoms with Crippen molar-refractivity contribution in [3.8, 4) is 0 Å². The molecule has 106 valence electrons. The molecule has 0 atom stereocenters. The molecule has 20 heavy (non-hydrogen) atoms. The number of hydrogen-bond donors (Lipinski definition) is 3. The molecule has 0 saturated carbocycles. The molecule has 0 bridgehead atoms. The number of pyridine rings is 1. The van der Waals surface area contributed by atoms with Crippen LogP contribution in [0.1, 0.15) is 21.9 Å². The number of nitrogens with zero attached hydrogens (tertiary/aromatic N) is 2. The Hall–Kier alpha value is -2.42. The average Bonchev–Trinajstić information content (AvgIpc) is 2.69. The molecule has 0 saturated heterocycles. The quantitative estimate of drug-likeness (QED) is 0.770. The van der Waals surface area contributed by atoms with Crippen LogP contribution in [-0.4, -0.2) is 34.7 Å². The van der Waals surface area contributed by atoms with E-state index in [-0.39, 0.29) is 16.3 Å². The maximum Gasteiger partial charge on any atom is 0.354 e. The predicted octanol–water partition coefficient (Wildman–Crippen LogP) is 0.921. The van der Waals surface area contributed by atoms with E-state index in [2.05, 4.69) is 19.9 Å². The fourth-order valence-corrected chi connectivity index (χ4v) is 3.18. The first-order valence-electron chi connectivity index (χ1n) is 5.55. The van der Waals surface area contributed by atoms with Gasteiger partial charge in [-0.05, 0) is 26.0 Å². The summed E-state index contributed by atoms with van der Waals surface area (Å²) in [7, 11) is -3.84. The largest absolute Gasteiger partial charge is 0.477 e. The fraction of sp³-hybridized carbons (Fsp3) is 0.182. The number of sulfonamides is 1.